The summed E-state index contributed by atoms with van der Waals surface area (Å²) >= 11 is 0.231. The number of benzene rings is 2. The molecule has 0 aliphatic carbocycles. The maximum Gasteiger partial charge on any atom is 0.441 e. The molecule has 7 nitrogen and oxygen atoms in total. The molecule has 11 heteroatoms. The number of aromatic nitrogens is 1. The molecular formula is C28H26F3N5O2S. The number of carbonyl (C=O) groups excluding carboxylic acids is 1. The highest BCUT2D eigenvalue weighted by Crippen LogP contribution is 2.36. The van der Waals surface area contributed by atoms with Crippen molar-refractivity contribution in [2.45, 2.75) is 45.8 Å². The molecule has 39 heavy (non-hydrogen) atoms. The number of ether oxygens (including phenoxy) is 1. The summed E-state index contributed by atoms with van der Waals surface area (Å²) in [7, 11) is 0. The van der Waals surface area contributed by atoms with E-state index in [0.29, 0.717) is 18.7 Å². The Morgan fingerprint density at radius 2 is 1.77 bits per heavy atom. The van der Waals surface area contributed by atoms with Gasteiger partial charge in [-0.2, -0.15) is 28.3 Å². The highest BCUT2D eigenvalue weighted by atomic mass is 32.2. The number of amidine groups is 2. The zero-order valence-corrected chi connectivity index (χ0v) is 22.6. The lowest BCUT2D eigenvalue weighted by molar-refractivity contribution is -0.114. The number of fused-ring (bicyclic) bond motifs is 2. The summed E-state index contributed by atoms with van der Waals surface area (Å²) in [5, 5.41) is 12.1. The number of alkyl halides is 3. The number of para-hydroxylation sites is 2. The van der Waals surface area contributed by atoms with Crippen LogP contribution in [0.3, 0.4) is 0 Å². The Bertz CT molecular complexity index is 1590. The number of nitrogens with one attached hydrogen (secondary N) is 1. The number of halogens is 3. The van der Waals surface area contributed by atoms with Crippen LogP contribution in [-0.4, -0.2) is 44.3 Å². The highest BCUT2D eigenvalue weighted by molar-refractivity contribution is 8.27. The summed E-state index contributed by atoms with van der Waals surface area (Å²) in [5.74, 6) is -0.413. The molecule has 0 radical (unpaired) electrons. The topological polar surface area (TPSA) is 83.0 Å². The fraction of sp³-hybridized carbons (Fsp3) is 0.286. The fourth-order valence-electron chi connectivity index (χ4n) is 4.64. The SMILES string of the molecule is Cc1c(/C=C2/C(=N)N3N=C(C(F)(F)F)SC3=NC2=O)c2ccccc2n1CCOc1ccccc1C(C)(C)C. The molecule has 0 spiro atoms. The Labute approximate surface area is 227 Å². The summed E-state index contributed by atoms with van der Waals surface area (Å²) < 4.78 is 47.8. The van der Waals surface area contributed by atoms with Crippen LogP contribution in [0.5, 0.6) is 5.75 Å². The number of amides is 1. The molecule has 0 bridgehead atoms. The quantitative estimate of drug-likeness (QED) is 0.365. The highest BCUT2D eigenvalue weighted by Gasteiger charge is 2.46. The van der Waals surface area contributed by atoms with Gasteiger partial charge in [-0.3, -0.25) is 10.2 Å². The second-order valence-electron chi connectivity index (χ2n) is 10.2. The van der Waals surface area contributed by atoms with Gasteiger partial charge in [0.15, 0.2) is 5.84 Å². The van der Waals surface area contributed by atoms with Crippen LogP contribution in [0.25, 0.3) is 17.0 Å². The second kappa shape index (κ2) is 9.71. The van der Waals surface area contributed by atoms with E-state index in [9.17, 15) is 18.0 Å². The van der Waals surface area contributed by atoms with Gasteiger partial charge in [0, 0.05) is 22.2 Å². The van der Waals surface area contributed by atoms with Crippen molar-refractivity contribution >= 4 is 50.7 Å². The van der Waals surface area contributed by atoms with Crippen LogP contribution in [0, 0.1) is 12.3 Å². The average Bonchev–Trinajstić information content (AvgIpc) is 3.41. The Hall–Kier alpha value is -3.86. The minimum absolute atomic E-state index is 0.0793. The van der Waals surface area contributed by atoms with Crippen molar-refractivity contribution in [3.8, 4) is 5.75 Å². The number of hydrogen-bond acceptors (Lipinski definition) is 5. The first-order valence-electron chi connectivity index (χ1n) is 12.2. The largest absolute Gasteiger partial charge is 0.491 e. The molecule has 0 saturated carbocycles. The van der Waals surface area contributed by atoms with Gasteiger partial charge in [-0.15, -0.1) is 0 Å². The van der Waals surface area contributed by atoms with Crippen molar-refractivity contribution in [3.63, 3.8) is 0 Å². The molecule has 1 aromatic heterocycles. The van der Waals surface area contributed by atoms with Gasteiger partial charge in [-0.05, 0) is 47.9 Å². The van der Waals surface area contributed by atoms with Crippen LogP contribution >= 0.6 is 11.8 Å². The molecule has 2 aromatic carbocycles. The predicted octanol–water partition coefficient (Wildman–Crippen LogP) is 6.51. The molecule has 2 aliphatic heterocycles. The van der Waals surface area contributed by atoms with Crippen LogP contribution < -0.4 is 4.74 Å². The maximum atomic E-state index is 13.2. The second-order valence-corrected chi connectivity index (χ2v) is 11.1. The number of hydrazone groups is 1. The van der Waals surface area contributed by atoms with Crippen molar-refractivity contribution in [1.29, 1.82) is 5.41 Å². The van der Waals surface area contributed by atoms with Gasteiger partial charge in [-0.25, -0.2) is 0 Å². The van der Waals surface area contributed by atoms with Crippen molar-refractivity contribution in [2.24, 2.45) is 10.1 Å². The van der Waals surface area contributed by atoms with E-state index in [1.54, 1.807) is 0 Å². The standard InChI is InChI=1S/C28H26F3N5O2S/c1-16-18(15-19-23(32)36-26(33-24(19)37)39-25(34-36)28(29,30)31)17-9-5-7-11-21(17)35(16)13-14-38-22-12-8-6-10-20(22)27(2,3)4/h5-12,15,32H,13-14H2,1-4H3/b19-15-,32-23?. The van der Waals surface area contributed by atoms with Gasteiger partial charge >= 0.3 is 6.18 Å². The Balaban J connectivity index is 1.47. The van der Waals surface area contributed by atoms with E-state index in [2.05, 4.69) is 41.5 Å². The lowest BCUT2D eigenvalue weighted by atomic mass is 9.86. The summed E-state index contributed by atoms with van der Waals surface area (Å²) in [4.78, 5) is 16.6. The third kappa shape index (κ3) is 4.98. The molecule has 1 amide bonds. The monoisotopic (exact) mass is 553 g/mol. The molecule has 2 aliphatic rings. The Morgan fingerprint density at radius 3 is 2.49 bits per heavy atom. The summed E-state index contributed by atoms with van der Waals surface area (Å²) in [6.45, 7) is 9.20. The first-order chi connectivity index (χ1) is 18.4. The van der Waals surface area contributed by atoms with Crippen LogP contribution in [0.1, 0.15) is 37.6 Å². The van der Waals surface area contributed by atoms with E-state index in [1.165, 1.54) is 6.08 Å². The van der Waals surface area contributed by atoms with Gasteiger partial charge in [-0.1, -0.05) is 57.2 Å². The van der Waals surface area contributed by atoms with E-state index in [0.717, 1.165) is 32.9 Å². The third-order valence-electron chi connectivity index (χ3n) is 6.53. The molecule has 0 unspecified atom stereocenters. The molecule has 0 fully saturated rings. The number of carbonyl (C=O) groups is 1. The summed E-state index contributed by atoms with van der Waals surface area (Å²) in [6, 6.07) is 15.6. The Morgan fingerprint density at radius 1 is 1.08 bits per heavy atom. The number of hydrogen-bond donors (Lipinski definition) is 1. The normalized spacial score (nSPS) is 17.1. The van der Waals surface area contributed by atoms with E-state index >= 15 is 0 Å². The first kappa shape index (κ1) is 26.7. The van der Waals surface area contributed by atoms with Gasteiger partial charge in [0.1, 0.15) is 12.4 Å². The molecule has 202 valence electrons. The van der Waals surface area contributed by atoms with E-state index in [4.69, 9.17) is 10.1 Å². The number of rotatable bonds is 5. The van der Waals surface area contributed by atoms with Gasteiger partial charge in [0.25, 0.3) is 5.91 Å². The van der Waals surface area contributed by atoms with E-state index in [-0.39, 0.29) is 27.9 Å². The number of thioether (sulfide) groups is 1. The van der Waals surface area contributed by atoms with Gasteiger partial charge in [0.2, 0.25) is 10.2 Å². The third-order valence-corrected chi connectivity index (χ3v) is 7.49. The van der Waals surface area contributed by atoms with E-state index in [1.807, 2.05) is 49.4 Å². The zero-order chi connectivity index (χ0) is 28.1. The lowest BCUT2D eigenvalue weighted by Crippen LogP contribution is -2.35. The number of nitrogens with zero attached hydrogens (tertiary/aromatic N) is 4. The minimum atomic E-state index is -4.70. The van der Waals surface area contributed by atoms with Crippen molar-refractivity contribution in [3.05, 3.63) is 70.9 Å². The fourth-order valence-corrected chi connectivity index (χ4v) is 5.40. The molecule has 1 N–H and O–H groups in total. The van der Waals surface area contributed by atoms with Gasteiger partial charge in [0.05, 0.1) is 12.1 Å². The van der Waals surface area contributed by atoms with Crippen molar-refractivity contribution in [2.75, 3.05) is 6.61 Å². The summed E-state index contributed by atoms with van der Waals surface area (Å²) in [5.41, 5.74) is 3.30. The van der Waals surface area contributed by atoms with Gasteiger partial charge < -0.3 is 9.30 Å². The molecule has 3 aromatic rings. The average molecular weight is 554 g/mol. The van der Waals surface area contributed by atoms with Crippen molar-refractivity contribution in [1.82, 2.24) is 9.58 Å². The first-order valence-corrected chi connectivity index (χ1v) is 13.1. The zero-order valence-electron chi connectivity index (χ0n) is 21.8. The molecule has 0 atom stereocenters. The predicted molar refractivity (Wildman–Crippen MR) is 148 cm³/mol. The van der Waals surface area contributed by atoms with Crippen LogP contribution in [0.4, 0.5) is 13.2 Å². The van der Waals surface area contributed by atoms with Crippen LogP contribution in [-0.2, 0) is 16.8 Å². The molecule has 0 saturated heterocycles. The number of aliphatic imine (C=N–C) groups is 1. The van der Waals surface area contributed by atoms with Crippen molar-refractivity contribution < 1.29 is 22.7 Å². The Kier molecular flexibility index (Phi) is 6.66. The lowest BCUT2D eigenvalue weighted by Gasteiger charge is -2.23. The van der Waals surface area contributed by atoms with Crippen LogP contribution in [0.2, 0.25) is 0 Å². The molecule has 5 rings (SSSR count). The molecular weight excluding hydrogens is 527 g/mol. The van der Waals surface area contributed by atoms with Crippen LogP contribution in [0.15, 0.2) is 64.2 Å². The van der Waals surface area contributed by atoms with E-state index < -0.39 is 23.0 Å². The minimum Gasteiger partial charge on any atom is -0.491 e. The molecule has 3 heterocycles. The smallest absolute Gasteiger partial charge is 0.441 e. The summed E-state index contributed by atoms with van der Waals surface area (Å²) in [6.07, 6.45) is -3.18. The maximum absolute atomic E-state index is 13.2.